The van der Waals surface area contributed by atoms with Gasteiger partial charge in [-0.05, 0) is 50.4 Å². The van der Waals surface area contributed by atoms with Gasteiger partial charge in [0.05, 0.1) is 30.6 Å². The van der Waals surface area contributed by atoms with Crippen LogP contribution in [0.15, 0.2) is 35.6 Å². The molecule has 2 fully saturated rings. The van der Waals surface area contributed by atoms with E-state index < -0.39 is 41.4 Å². The van der Waals surface area contributed by atoms with E-state index in [2.05, 4.69) is 9.97 Å². The van der Waals surface area contributed by atoms with E-state index in [4.69, 9.17) is 21.7 Å². The Balaban J connectivity index is 1.57. The summed E-state index contributed by atoms with van der Waals surface area (Å²) in [4.78, 5) is 24.9. The first-order chi connectivity index (χ1) is 19.4. The summed E-state index contributed by atoms with van der Waals surface area (Å²) in [7, 11) is 0. The van der Waals surface area contributed by atoms with Crippen LogP contribution >= 0.6 is 12.2 Å². The molecule has 41 heavy (non-hydrogen) atoms. The number of nitriles is 1. The quantitative estimate of drug-likeness (QED) is 0.333. The number of anilines is 1. The first-order valence-electron chi connectivity index (χ1n) is 13.2. The fourth-order valence-electron chi connectivity index (χ4n) is 5.27. The number of halogens is 4. The molecule has 3 heterocycles. The molecule has 1 aromatic carbocycles. The number of amides is 1. The topological polar surface area (TPSA) is 91.6 Å². The number of thiocarbonyl (C=S) groups is 1. The van der Waals surface area contributed by atoms with Crippen molar-refractivity contribution in [1.29, 1.82) is 5.26 Å². The molecule has 5 rings (SSSR count). The van der Waals surface area contributed by atoms with Crippen LogP contribution in [0.1, 0.15) is 45.9 Å². The predicted molar refractivity (Wildman–Crippen MR) is 145 cm³/mol. The van der Waals surface area contributed by atoms with Gasteiger partial charge in [0.2, 0.25) is 5.88 Å². The molecule has 2 aliphatic heterocycles. The molecule has 216 valence electrons. The van der Waals surface area contributed by atoms with Crippen LogP contribution in [0.25, 0.3) is 10.9 Å². The maximum atomic E-state index is 15.7. The van der Waals surface area contributed by atoms with Crippen molar-refractivity contribution >= 4 is 39.8 Å². The van der Waals surface area contributed by atoms with Crippen LogP contribution in [0.4, 0.5) is 23.2 Å². The molecule has 1 aliphatic carbocycles. The Morgan fingerprint density at radius 3 is 2.56 bits per heavy atom. The fraction of sp³-hybridized carbons (Fsp3) is 0.464. The van der Waals surface area contributed by atoms with Crippen LogP contribution < -0.4 is 9.64 Å². The molecular formula is C28H27F4N5O3S. The summed E-state index contributed by atoms with van der Waals surface area (Å²) in [6.07, 6.45) is -1.45. The van der Waals surface area contributed by atoms with Gasteiger partial charge in [0.25, 0.3) is 5.91 Å². The van der Waals surface area contributed by atoms with E-state index in [1.807, 2.05) is 6.92 Å². The number of hydrogen-bond donors (Lipinski definition) is 0. The zero-order valence-electron chi connectivity index (χ0n) is 22.6. The number of hydrogen-bond acceptors (Lipinski definition) is 7. The van der Waals surface area contributed by atoms with Crippen molar-refractivity contribution in [1.82, 2.24) is 14.9 Å². The van der Waals surface area contributed by atoms with Crippen molar-refractivity contribution in [3.8, 4) is 11.9 Å². The van der Waals surface area contributed by atoms with Crippen LogP contribution in [0.5, 0.6) is 5.88 Å². The summed E-state index contributed by atoms with van der Waals surface area (Å²) < 4.78 is 68.5. The minimum atomic E-state index is -4.69. The molecule has 1 amide bonds. The maximum Gasteiger partial charge on any atom is 0.396 e. The number of aryl methyl sites for hydroxylation is 1. The number of aromatic nitrogens is 2. The van der Waals surface area contributed by atoms with Gasteiger partial charge in [-0.15, -0.1) is 0 Å². The molecular weight excluding hydrogens is 562 g/mol. The third-order valence-corrected chi connectivity index (χ3v) is 7.86. The van der Waals surface area contributed by atoms with Crippen LogP contribution in [-0.4, -0.2) is 56.9 Å². The second-order valence-corrected chi connectivity index (χ2v) is 10.9. The van der Waals surface area contributed by atoms with Crippen LogP contribution in [-0.2, 0) is 16.0 Å². The molecule has 2 saturated heterocycles. The second kappa shape index (κ2) is 10.6. The van der Waals surface area contributed by atoms with E-state index in [9.17, 15) is 23.2 Å². The van der Waals surface area contributed by atoms with E-state index in [0.29, 0.717) is 38.3 Å². The Morgan fingerprint density at radius 1 is 1.22 bits per heavy atom. The lowest BCUT2D eigenvalue weighted by Gasteiger charge is -2.30. The highest BCUT2D eigenvalue weighted by Crippen LogP contribution is 2.44. The Kier molecular flexibility index (Phi) is 7.50. The monoisotopic (exact) mass is 589 g/mol. The zero-order valence-corrected chi connectivity index (χ0v) is 23.4. The van der Waals surface area contributed by atoms with Crippen LogP contribution in [0, 0.1) is 23.1 Å². The molecule has 0 bridgehead atoms. The molecule has 0 saturated carbocycles. The summed E-state index contributed by atoms with van der Waals surface area (Å²) in [5.41, 5.74) is -1.59. The summed E-state index contributed by atoms with van der Waals surface area (Å²) in [6.45, 7) is 6.01. The van der Waals surface area contributed by atoms with Crippen molar-refractivity contribution in [3.05, 3.63) is 47.2 Å². The van der Waals surface area contributed by atoms with Crippen molar-refractivity contribution in [2.75, 3.05) is 18.1 Å². The van der Waals surface area contributed by atoms with Crippen LogP contribution in [0.3, 0.4) is 0 Å². The van der Waals surface area contributed by atoms with E-state index >= 15 is 4.39 Å². The standard InChI is InChI=1S/C28H27F4N5O3S/c1-4-22-34-23-19(24(35-22)40-18-7-9-39-10-8-18)11-17(13-21(23)29)37-26(41)36(25(38)27(37,2)3)16-6-5-15(14-33)20(12-16)28(30,31)32/h5-6,11,13,18,20H,4,7-10,12H2,1-3H3. The zero-order chi connectivity index (χ0) is 29.7. The SMILES string of the molecule is CCc1nc(OC2CCOCC2)c2cc(N3C(=S)N(C4=CC=C(C#N)C(C(F)(F)F)C4)C(=O)C3(C)C)cc(F)c2n1. The first kappa shape index (κ1) is 28.9. The smallest absolute Gasteiger partial charge is 0.396 e. The van der Waals surface area contributed by atoms with Gasteiger partial charge >= 0.3 is 6.18 Å². The van der Waals surface area contributed by atoms with Gasteiger partial charge in [-0.25, -0.2) is 9.37 Å². The number of alkyl halides is 3. The summed E-state index contributed by atoms with van der Waals surface area (Å²) in [5.74, 6) is -2.75. The van der Waals surface area contributed by atoms with Gasteiger partial charge in [-0.1, -0.05) is 6.92 Å². The highest BCUT2D eigenvalue weighted by Gasteiger charge is 2.53. The largest absolute Gasteiger partial charge is 0.474 e. The van der Waals surface area contributed by atoms with Crippen molar-refractivity contribution < 1.29 is 31.8 Å². The molecule has 0 radical (unpaired) electrons. The number of allylic oxidation sites excluding steroid dienone is 4. The van der Waals surface area contributed by atoms with Gasteiger partial charge < -0.3 is 14.4 Å². The lowest BCUT2D eigenvalue weighted by molar-refractivity contribution is -0.164. The van der Waals surface area contributed by atoms with Gasteiger partial charge in [0, 0.05) is 42.6 Å². The molecule has 13 heteroatoms. The van der Waals surface area contributed by atoms with Gasteiger partial charge in [0.15, 0.2) is 10.9 Å². The lowest BCUT2D eigenvalue weighted by atomic mass is 9.89. The van der Waals surface area contributed by atoms with Gasteiger partial charge in [-0.3, -0.25) is 9.69 Å². The number of ether oxygens (including phenoxy) is 2. The number of benzene rings is 1. The van der Waals surface area contributed by atoms with E-state index in [-0.39, 0.29) is 39.4 Å². The highest BCUT2D eigenvalue weighted by atomic mass is 32.1. The number of carbonyl (C=O) groups is 1. The second-order valence-electron chi connectivity index (χ2n) is 10.6. The Hall–Kier alpha value is -3.63. The summed E-state index contributed by atoms with van der Waals surface area (Å²) in [5, 5.41) is 9.37. The number of nitrogens with zero attached hydrogens (tertiary/aromatic N) is 5. The Morgan fingerprint density at radius 2 is 1.93 bits per heavy atom. The number of fused-ring (bicyclic) bond motifs is 1. The molecule has 1 atom stereocenters. The van der Waals surface area contributed by atoms with Crippen LogP contribution in [0.2, 0.25) is 0 Å². The molecule has 8 nitrogen and oxygen atoms in total. The minimum Gasteiger partial charge on any atom is -0.474 e. The fourth-order valence-corrected chi connectivity index (χ4v) is 5.80. The third kappa shape index (κ3) is 5.15. The Labute approximate surface area is 239 Å². The lowest BCUT2D eigenvalue weighted by Crippen LogP contribution is -2.44. The summed E-state index contributed by atoms with van der Waals surface area (Å²) >= 11 is 5.63. The highest BCUT2D eigenvalue weighted by molar-refractivity contribution is 7.80. The van der Waals surface area contributed by atoms with Gasteiger partial charge in [0.1, 0.15) is 23.0 Å². The first-order valence-corrected chi connectivity index (χ1v) is 13.6. The number of carbonyl (C=O) groups excluding carboxylic acids is 1. The third-order valence-electron chi connectivity index (χ3n) is 7.49. The minimum absolute atomic E-state index is 0.00220. The predicted octanol–water partition coefficient (Wildman–Crippen LogP) is 5.52. The molecule has 1 unspecified atom stereocenters. The molecule has 0 spiro atoms. The average molecular weight is 590 g/mol. The summed E-state index contributed by atoms with van der Waals surface area (Å²) in [6, 6.07) is 4.36. The molecule has 1 aromatic heterocycles. The maximum absolute atomic E-state index is 15.7. The van der Waals surface area contributed by atoms with E-state index in [1.54, 1.807) is 26.0 Å². The average Bonchev–Trinajstić information content (AvgIpc) is 3.11. The molecule has 3 aliphatic rings. The van der Waals surface area contributed by atoms with Crippen molar-refractivity contribution in [3.63, 3.8) is 0 Å². The van der Waals surface area contributed by atoms with E-state index in [0.717, 1.165) is 11.0 Å². The molecule has 0 N–H and O–H groups in total. The molecule has 2 aromatic rings. The number of rotatable bonds is 5. The van der Waals surface area contributed by atoms with Gasteiger partial charge in [-0.2, -0.15) is 23.4 Å². The van der Waals surface area contributed by atoms with Crippen molar-refractivity contribution in [2.24, 2.45) is 5.92 Å². The Bertz CT molecular complexity index is 1530. The van der Waals surface area contributed by atoms with Crippen molar-refractivity contribution in [2.45, 2.75) is 64.3 Å². The van der Waals surface area contributed by atoms with E-state index in [1.165, 1.54) is 17.0 Å². The normalized spacial score (nSPS) is 21.7.